The van der Waals surface area contributed by atoms with Crippen LogP contribution >= 0.6 is 11.9 Å². The van der Waals surface area contributed by atoms with Crippen molar-refractivity contribution >= 4 is 29.4 Å². The van der Waals surface area contributed by atoms with E-state index in [0.717, 1.165) is 29.0 Å². The topological polar surface area (TPSA) is 66.4 Å². The molecule has 0 aliphatic heterocycles. The number of carbonyl (C=O) groups excluding carboxylic acids is 1. The first-order valence-corrected chi connectivity index (χ1v) is 12.0. The molecule has 33 heavy (non-hydrogen) atoms. The summed E-state index contributed by atoms with van der Waals surface area (Å²) in [6.07, 6.45) is 6.36. The van der Waals surface area contributed by atoms with Crippen LogP contribution in [0.5, 0.6) is 0 Å². The van der Waals surface area contributed by atoms with Crippen molar-refractivity contribution in [3.8, 4) is 11.1 Å². The van der Waals surface area contributed by atoms with Crippen molar-refractivity contribution in [2.45, 2.75) is 40.0 Å². The molecule has 0 heterocycles. The molecular weight excluding hydrogens is 430 g/mol. The smallest absolute Gasteiger partial charge is 0.306 e. The molecule has 1 atom stereocenters. The summed E-state index contributed by atoms with van der Waals surface area (Å²) in [5.41, 5.74) is 3.72. The Morgan fingerprint density at radius 3 is 1.85 bits per heavy atom. The molecule has 5 heteroatoms. The third kappa shape index (κ3) is 12.5. The summed E-state index contributed by atoms with van der Waals surface area (Å²) >= 11 is 1.65. The summed E-state index contributed by atoms with van der Waals surface area (Å²) in [6.45, 7) is 16.0. The van der Waals surface area contributed by atoms with Gasteiger partial charge in [-0.25, -0.2) is 0 Å². The lowest BCUT2D eigenvalue weighted by atomic mass is 9.93. The fourth-order valence-corrected chi connectivity index (χ4v) is 3.18. The fraction of sp³-hybridized carbons (Fsp3) is 0.286. The minimum Gasteiger partial charge on any atom is -0.481 e. The third-order valence-corrected chi connectivity index (χ3v) is 5.01. The molecule has 0 amide bonds. The Kier molecular flexibility index (Phi) is 16.8. The zero-order chi connectivity index (χ0) is 25.1. The quantitative estimate of drug-likeness (QED) is 0.151. The molecule has 1 unspecified atom stereocenters. The van der Waals surface area contributed by atoms with Crippen LogP contribution in [0.4, 0.5) is 5.69 Å². The monoisotopic (exact) mass is 467 g/mol. The van der Waals surface area contributed by atoms with E-state index in [0.29, 0.717) is 12.0 Å². The molecule has 0 spiro atoms. The van der Waals surface area contributed by atoms with Crippen LogP contribution in [0, 0.1) is 5.92 Å². The van der Waals surface area contributed by atoms with E-state index in [2.05, 4.69) is 31.4 Å². The Labute approximate surface area is 203 Å². The van der Waals surface area contributed by atoms with Crippen molar-refractivity contribution < 1.29 is 14.7 Å². The number of nitrogens with one attached hydrogen (secondary N) is 1. The summed E-state index contributed by atoms with van der Waals surface area (Å²) < 4.78 is 3.26. The van der Waals surface area contributed by atoms with Gasteiger partial charge in [0.15, 0.2) is 5.78 Å². The minimum atomic E-state index is -0.897. The first kappa shape index (κ1) is 29.9. The van der Waals surface area contributed by atoms with Crippen molar-refractivity contribution in [1.29, 1.82) is 0 Å². The number of Topliss-reactive ketones (excluding diaryl/α,β-unsaturated/α-hetero) is 1. The molecule has 0 aromatic heterocycles. The van der Waals surface area contributed by atoms with E-state index >= 15 is 0 Å². The normalized spacial score (nSPS) is 10.3. The van der Waals surface area contributed by atoms with Gasteiger partial charge in [0.1, 0.15) is 0 Å². The lowest BCUT2D eigenvalue weighted by Crippen LogP contribution is -2.17. The van der Waals surface area contributed by atoms with E-state index in [9.17, 15) is 14.7 Å². The highest BCUT2D eigenvalue weighted by atomic mass is 32.2. The number of benzene rings is 2. The third-order valence-electron chi connectivity index (χ3n) is 4.34. The van der Waals surface area contributed by atoms with Crippen LogP contribution < -0.4 is 4.72 Å². The molecule has 0 bridgehead atoms. The zero-order valence-corrected chi connectivity index (χ0v) is 20.9. The highest BCUT2D eigenvalue weighted by Gasteiger charge is 2.21. The van der Waals surface area contributed by atoms with Gasteiger partial charge in [-0.2, -0.15) is 0 Å². The van der Waals surface area contributed by atoms with Crippen LogP contribution in [-0.2, 0) is 4.79 Å². The molecule has 0 radical (unpaired) electrons. The number of ketones is 1. The Morgan fingerprint density at radius 2 is 1.45 bits per heavy atom. The predicted molar refractivity (Wildman–Crippen MR) is 145 cm³/mol. The summed E-state index contributed by atoms with van der Waals surface area (Å²) in [5.74, 6) is -0.619. The second-order valence-electron chi connectivity index (χ2n) is 7.02. The van der Waals surface area contributed by atoms with Crippen molar-refractivity contribution in [1.82, 2.24) is 0 Å². The van der Waals surface area contributed by atoms with Gasteiger partial charge in [-0.3, -0.25) is 9.59 Å². The number of carboxylic acid groups (broad SMARTS) is 1. The number of carbonyl (C=O) groups is 2. The van der Waals surface area contributed by atoms with Crippen LogP contribution in [0.1, 0.15) is 50.4 Å². The lowest BCUT2D eigenvalue weighted by molar-refractivity contribution is -0.141. The molecule has 2 aromatic carbocycles. The van der Waals surface area contributed by atoms with Crippen LogP contribution in [0.3, 0.4) is 0 Å². The predicted octanol–water partition coefficient (Wildman–Crippen LogP) is 8.06. The molecule has 2 rings (SSSR count). The van der Waals surface area contributed by atoms with Gasteiger partial charge in [-0.1, -0.05) is 100 Å². The molecule has 0 fully saturated rings. The molecule has 2 N–H and O–H groups in total. The maximum Gasteiger partial charge on any atom is 0.306 e. The lowest BCUT2D eigenvalue weighted by Gasteiger charge is -2.10. The molecular formula is C28H37NO3S. The zero-order valence-electron chi connectivity index (χ0n) is 20.0. The van der Waals surface area contributed by atoms with E-state index in [1.54, 1.807) is 42.3 Å². The Bertz CT molecular complexity index is 852. The van der Waals surface area contributed by atoms with Crippen molar-refractivity contribution in [3.63, 3.8) is 0 Å². The highest BCUT2D eigenvalue weighted by molar-refractivity contribution is 8.00. The Hall–Kier alpha value is -3.05. The SMILES string of the molecule is C=CC.C=CC=C.CCCC(CC(=O)c1ccc(-c2ccc(NSCC)cc2)cc1)C(=O)O. The summed E-state index contributed by atoms with van der Waals surface area (Å²) in [6, 6.07) is 15.5. The van der Waals surface area contributed by atoms with E-state index < -0.39 is 11.9 Å². The van der Waals surface area contributed by atoms with Gasteiger partial charge in [0.05, 0.1) is 5.92 Å². The van der Waals surface area contributed by atoms with Crippen molar-refractivity contribution in [3.05, 3.63) is 92.1 Å². The van der Waals surface area contributed by atoms with E-state index in [4.69, 9.17) is 0 Å². The molecule has 0 saturated heterocycles. The van der Waals surface area contributed by atoms with Crippen LogP contribution in [0.25, 0.3) is 11.1 Å². The molecule has 0 aliphatic rings. The first-order valence-electron chi connectivity index (χ1n) is 11.0. The second-order valence-corrected chi connectivity index (χ2v) is 8.09. The number of anilines is 1. The van der Waals surface area contributed by atoms with Gasteiger partial charge < -0.3 is 9.83 Å². The minimum absolute atomic E-state index is 0.0536. The fourth-order valence-electron chi connectivity index (χ4n) is 2.74. The van der Waals surface area contributed by atoms with E-state index in [-0.39, 0.29) is 12.2 Å². The number of allylic oxidation sites excluding steroid dienone is 3. The average Bonchev–Trinajstić information content (AvgIpc) is 2.83. The number of aliphatic carboxylic acids is 1. The Morgan fingerprint density at radius 1 is 0.970 bits per heavy atom. The van der Waals surface area contributed by atoms with Crippen LogP contribution in [0.15, 0.2) is 86.5 Å². The number of hydrogen-bond donors (Lipinski definition) is 2. The molecule has 4 nitrogen and oxygen atoms in total. The largest absolute Gasteiger partial charge is 0.481 e. The van der Waals surface area contributed by atoms with Gasteiger partial charge in [-0.05, 0) is 36.6 Å². The number of carboxylic acids is 1. The summed E-state index contributed by atoms with van der Waals surface area (Å²) in [5, 5.41) is 9.21. The molecule has 0 aliphatic carbocycles. The number of hydrogen-bond acceptors (Lipinski definition) is 4. The van der Waals surface area contributed by atoms with Gasteiger partial charge >= 0.3 is 5.97 Å². The summed E-state index contributed by atoms with van der Waals surface area (Å²) in [7, 11) is 0. The molecule has 0 saturated carbocycles. The number of rotatable bonds is 11. The average molecular weight is 468 g/mol. The second kappa shape index (κ2) is 18.5. The van der Waals surface area contributed by atoms with E-state index in [1.807, 2.05) is 50.2 Å². The van der Waals surface area contributed by atoms with Crippen LogP contribution in [-0.4, -0.2) is 22.6 Å². The van der Waals surface area contributed by atoms with Gasteiger partial charge in [0, 0.05) is 23.4 Å². The van der Waals surface area contributed by atoms with Gasteiger partial charge in [-0.15, -0.1) is 6.58 Å². The van der Waals surface area contributed by atoms with E-state index in [1.165, 1.54) is 0 Å². The Balaban J connectivity index is 0.00000129. The maximum atomic E-state index is 12.4. The molecule has 178 valence electrons. The summed E-state index contributed by atoms with van der Waals surface area (Å²) in [4.78, 5) is 23.6. The standard InChI is InChI=1S/C21H25NO3S.C4H6.C3H6/c1-3-5-18(21(24)25)14-20(23)17-8-6-15(7-9-17)16-10-12-19(13-11-16)22-26-4-2;1-3-4-2;1-3-2/h6-13,18,22H,3-5,14H2,1-2H3,(H,24,25);3-4H,1-2H2;3H,1H2,2H3. The molecule has 2 aromatic rings. The first-order chi connectivity index (χ1) is 15.9. The van der Waals surface area contributed by atoms with Gasteiger partial charge in [0.2, 0.25) is 0 Å². The van der Waals surface area contributed by atoms with Crippen molar-refractivity contribution in [2.75, 3.05) is 10.5 Å². The van der Waals surface area contributed by atoms with Crippen LogP contribution in [0.2, 0.25) is 0 Å². The van der Waals surface area contributed by atoms with Crippen molar-refractivity contribution in [2.24, 2.45) is 5.92 Å². The maximum absolute atomic E-state index is 12.4. The highest BCUT2D eigenvalue weighted by Crippen LogP contribution is 2.24. The van der Waals surface area contributed by atoms with Gasteiger partial charge in [0.25, 0.3) is 0 Å².